The molecule has 0 unspecified atom stereocenters. The van der Waals surface area contributed by atoms with Crippen LogP contribution < -0.4 is 10.6 Å². The lowest BCUT2D eigenvalue weighted by molar-refractivity contribution is -0.117. The third-order valence-electron chi connectivity index (χ3n) is 4.42. The van der Waals surface area contributed by atoms with Crippen LogP contribution in [0.15, 0.2) is 46.9 Å². The quantitative estimate of drug-likeness (QED) is 0.534. The van der Waals surface area contributed by atoms with Gasteiger partial charge < -0.3 is 10.6 Å². The maximum atomic E-state index is 12.6. The van der Waals surface area contributed by atoms with E-state index in [-0.39, 0.29) is 23.9 Å². The third kappa shape index (κ3) is 4.98. The van der Waals surface area contributed by atoms with Gasteiger partial charge in [0.2, 0.25) is 5.91 Å². The number of amides is 2. The molecule has 154 valence electrons. The van der Waals surface area contributed by atoms with Crippen molar-refractivity contribution in [3.8, 4) is 0 Å². The van der Waals surface area contributed by atoms with Crippen molar-refractivity contribution >= 4 is 44.9 Å². The van der Waals surface area contributed by atoms with Crippen molar-refractivity contribution < 1.29 is 14.4 Å². The van der Waals surface area contributed by atoms with Gasteiger partial charge in [-0.15, -0.1) is 5.10 Å². The van der Waals surface area contributed by atoms with Crippen LogP contribution in [0.1, 0.15) is 39.0 Å². The smallest absolute Gasteiger partial charge is 0.278 e. The summed E-state index contributed by atoms with van der Waals surface area (Å²) in [5.41, 5.74) is 3.28. The summed E-state index contributed by atoms with van der Waals surface area (Å²) in [6, 6.07) is 12.2. The molecular formula is C21H20BrN5O3. The molecule has 0 fully saturated rings. The molecule has 2 amide bonds. The highest BCUT2D eigenvalue weighted by atomic mass is 79.9. The van der Waals surface area contributed by atoms with Crippen LogP contribution in [0.3, 0.4) is 0 Å². The summed E-state index contributed by atoms with van der Waals surface area (Å²) in [5.74, 6) is -0.858. The zero-order chi connectivity index (χ0) is 21.8. The highest BCUT2D eigenvalue weighted by Gasteiger charge is 2.19. The van der Waals surface area contributed by atoms with Crippen molar-refractivity contribution in [1.29, 1.82) is 0 Å². The van der Waals surface area contributed by atoms with Crippen LogP contribution in [0.4, 0.5) is 11.4 Å². The van der Waals surface area contributed by atoms with Crippen molar-refractivity contribution in [2.75, 3.05) is 10.6 Å². The van der Waals surface area contributed by atoms with Gasteiger partial charge in [-0.3, -0.25) is 14.4 Å². The van der Waals surface area contributed by atoms with Crippen LogP contribution in [-0.4, -0.2) is 32.6 Å². The van der Waals surface area contributed by atoms with Crippen LogP contribution >= 0.6 is 15.9 Å². The number of benzene rings is 2. The Kier molecular flexibility index (Phi) is 6.41. The first-order valence-electron chi connectivity index (χ1n) is 9.13. The summed E-state index contributed by atoms with van der Waals surface area (Å²) in [5, 5.41) is 13.3. The minimum Gasteiger partial charge on any atom is -0.324 e. The van der Waals surface area contributed by atoms with Gasteiger partial charge in [0.15, 0.2) is 11.5 Å². The van der Waals surface area contributed by atoms with Gasteiger partial charge in [0, 0.05) is 15.7 Å². The average Bonchev–Trinajstić information content (AvgIpc) is 3.04. The Morgan fingerprint density at radius 2 is 1.83 bits per heavy atom. The number of rotatable bonds is 6. The topological polar surface area (TPSA) is 106 Å². The predicted octanol–water partition coefficient (Wildman–Crippen LogP) is 3.75. The van der Waals surface area contributed by atoms with E-state index in [1.807, 2.05) is 19.1 Å². The molecule has 1 aromatic heterocycles. The van der Waals surface area contributed by atoms with Gasteiger partial charge in [0.1, 0.15) is 6.54 Å². The van der Waals surface area contributed by atoms with Crippen molar-refractivity contribution in [1.82, 2.24) is 15.0 Å². The number of ketones is 1. The predicted molar refractivity (Wildman–Crippen MR) is 117 cm³/mol. The van der Waals surface area contributed by atoms with Crippen molar-refractivity contribution in [2.45, 2.75) is 27.3 Å². The molecule has 0 aliphatic heterocycles. The Labute approximate surface area is 181 Å². The van der Waals surface area contributed by atoms with E-state index in [0.29, 0.717) is 22.6 Å². The number of nitrogens with one attached hydrogen (secondary N) is 2. The summed E-state index contributed by atoms with van der Waals surface area (Å²) < 4.78 is 2.11. The lowest BCUT2D eigenvalue weighted by Crippen LogP contribution is -2.21. The van der Waals surface area contributed by atoms with E-state index in [1.54, 1.807) is 37.3 Å². The number of hydrogen-bond donors (Lipinski definition) is 2. The van der Waals surface area contributed by atoms with E-state index in [0.717, 1.165) is 10.0 Å². The molecule has 2 aromatic carbocycles. The number of hydrogen-bond acceptors (Lipinski definition) is 5. The number of aryl methyl sites for hydroxylation is 1. The molecule has 2 N–H and O–H groups in total. The molecule has 0 aliphatic rings. The van der Waals surface area contributed by atoms with Crippen LogP contribution in [0.5, 0.6) is 0 Å². The highest BCUT2D eigenvalue weighted by Crippen LogP contribution is 2.24. The molecule has 0 aliphatic carbocycles. The van der Waals surface area contributed by atoms with Gasteiger partial charge >= 0.3 is 0 Å². The molecule has 0 spiro atoms. The minimum atomic E-state index is -0.419. The standard InChI is InChI=1S/C21H20BrN5O3/c1-12-7-8-18(17(22)9-12)24-21(30)20-13(2)27(26-25-20)11-19(29)23-16-6-4-5-15(10-16)14(3)28/h4-10H,11H2,1-3H3,(H,23,29)(H,24,30). The summed E-state index contributed by atoms with van der Waals surface area (Å²) in [7, 11) is 0. The van der Waals surface area contributed by atoms with Gasteiger partial charge in [0.05, 0.1) is 11.4 Å². The number of nitrogens with zero attached hydrogens (tertiary/aromatic N) is 3. The zero-order valence-corrected chi connectivity index (χ0v) is 18.3. The van der Waals surface area contributed by atoms with Crippen LogP contribution in [0.2, 0.25) is 0 Å². The summed E-state index contributed by atoms with van der Waals surface area (Å²) >= 11 is 3.42. The molecule has 0 saturated heterocycles. The molecule has 0 saturated carbocycles. The maximum Gasteiger partial charge on any atom is 0.278 e. The molecule has 0 bridgehead atoms. The molecular weight excluding hydrogens is 450 g/mol. The van der Waals surface area contributed by atoms with E-state index < -0.39 is 5.91 Å². The number of anilines is 2. The number of aromatic nitrogens is 3. The van der Waals surface area contributed by atoms with Crippen molar-refractivity contribution in [2.24, 2.45) is 0 Å². The lowest BCUT2D eigenvalue weighted by Gasteiger charge is -2.08. The van der Waals surface area contributed by atoms with Crippen molar-refractivity contribution in [3.05, 3.63) is 69.5 Å². The third-order valence-corrected chi connectivity index (χ3v) is 5.07. The molecule has 3 aromatic rings. The minimum absolute atomic E-state index is 0.0888. The largest absolute Gasteiger partial charge is 0.324 e. The first-order valence-corrected chi connectivity index (χ1v) is 9.92. The molecule has 1 heterocycles. The van der Waals surface area contributed by atoms with E-state index >= 15 is 0 Å². The SMILES string of the molecule is CC(=O)c1cccc(NC(=O)Cn2nnc(C(=O)Nc3ccc(C)cc3Br)c2C)c1. The Morgan fingerprint density at radius 3 is 2.53 bits per heavy atom. The number of Topliss-reactive ketones (excluding diaryl/α,β-unsaturated/α-hetero) is 1. The summed E-state index contributed by atoms with van der Waals surface area (Å²) in [6.07, 6.45) is 0. The van der Waals surface area contributed by atoms with Crippen LogP contribution in [0, 0.1) is 13.8 Å². The monoisotopic (exact) mass is 469 g/mol. The number of carbonyl (C=O) groups excluding carboxylic acids is 3. The number of carbonyl (C=O) groups is 3. The fourth-order valence-corrected chi connectivity index (χ4v) is 3.37. The van der Waals surface area contributed by atoms with Gasteiger partial charge in [0.25, 0.3) is 5.91 Å². The average molecular weight is 470 g/mol. The van der Waals surface area contributed by atoms with Gasteiger partial charge in [-0.2, -0.15) is 0 Å². The molecule has 30 heavy (non-hydrogen) atoms. The fourth-order valence-electron chi connectivity index (χ4n) is 2.78. The van der Waals surface area contributed by atoms with E-state index in [4.69, 9.17) is 0 Å². The number of halogens is 1. The second-order valence-corrected chi connectivity index (χ2v) is 7.66. The Morgan fingerprint density at radius 1 is 1.07 bits per heavy atom. The first kappa shape index (κ1) is 21.4. The molecule has 8 nitrogen and oxygen atoms in total. The highest BCUT2D eigenvalue weighted by molar-refractivity contribution is 9.10. The second kappa shape index (κ2) is 9.00. The van der Waals surface area contributed by atoms with Crippen LogP contribution in [-0.2, 0) is 11.3 Å². The molecule has 0 atom stereocenters. The van der Waals surface area contributed by atoms with Gasteiger partial charge in [-0.05, 0) is 66.5 Å². The van der Waals surface area contributed by atoms with E-state index in [1.165, 1.54) is 11.6 Å². The Balaban J connectivity index is 1.68. The molecule has 9 heteroatoms. The van der Waals surface area contributed by atoms with Crippen LogP contribution in [0.25, 0.3) is 0 Å². The lowest BCUT2D eigenvalue weighted by atomic mass is 10.1. The second-order valence-electron chi connectivity index (χ2n) is 6.80. The Bertz CT molecular complexity index is 1140. The van der Waals surface area contributed by atoms with E-state index in [9.17, 15) is 14.4 Å². The van der Waals surface area contributed by atoms with Gasteiger partial charge in [-0.25, -0.2) is 4.68 Å². The zero-order valence-electron chi connectivity index (χ0n) is 16.7. The maximum absolute atomic E-state index is 12.6. The molecule has 0 radical (unpaired) electrons. The van der Waals surface area contributed by atoms with E-state index in [2.05, 4.69) is 36.9 Å². The molecule has 3 rings (SSSR count). The normalized spacial score (nSPS) is 10.5. The first-order chi connectivity index (χ1) is 14.2. The van der Waals surface area contributed by atoms with Gasteiger partial charge in [-0.1, -0.05) is 23.4 Å². The summed E-state index contributed by atoms with van der Waals surface area (Å²) in [4.78, 5) is 36.4. The van der Waals surface area contributed by atoms with Crippen molar-refractivity contribution in [3.63, 3.8) is 0 Å². The Hall–Kier alpha value is -3.33. The fraction of sp³-hybridized carbons (Fsp3) is 0.190. The summed E-state index contributed by atoms with van der Waals surface area (Å²) in [6.45, 7) is 4.96.